The standard InChI is InChI=1S/C15H19BrO3/c1-10(2)9-19-15-7-5-12(16)8-13(15)14(18)6-4-11(3)17/h5,7-8,10H,4,6,9H2,1-3H3. The van der Waals surface area contributed by atoms with E-state index in [2.05, 4.69) is 29.8 Å². The van der Waals surface area contributed by atoms with Crippen LogP contribution in [0.4, 0.5) is 0 Å². The van der Waals surface area contributed by atoms with Crippen molar-refractivity contribution in [1.29, 1.82) is 0 Å². The Balaban J connectivity index is 2.86. The highest BCUT2D eigenvalue weighted by Crippen LogP contribution is 2.25. The second-order valence-corrected chi connectivity index (χ2v) is 5.89. The summed E-state index contributed by atoms with van der Waals surface area (Å²) in [7, 11) is 0. The number of hydrogen-bond donors (Lipinski definition) is 0. The van der Waals surface area contributed by atoms with Gasteiger partial charge in [-0.2, -0.15) is 0 Å². The predicted octanol–water partition coefficient (Wildman–Crippen LogP) is 4.04. The molecule has 0 saturated heterocycles. The Morgan fingerprint density at radius 3 is 2.53 bits per heavy atom. The number of Topliss-reactive ketones (excluding diaryl/α,β-unsaturated/α-hetero) is 2. The Bertz CT molecular complexity index is 466. The Kier molecular flexibility index (Phi) is 6.22. The van der Waals surface area contributed by atoms with Crippen LogP contribution in [0.3, 0.4) is 0 Å². The molecule has 1 aromatic rings. The molecule has 0 bridgehead atoms. The van der Waals surface area contributed by atoms with Crippen LogP contribution in [-0.4, -0.2) is 18.2 Å². The number of carbonyl (C=O) groups is 2. The third kappa shape index (κ3) is 5.55. The number of ketones is 2. The van der Waals surface area contributed by atoms with E-state index < -0.39 is 0 Å². The molecule has 3 nitrogen and oxygen atoms in total. The number of rotatable bonds is 7. The summed E-state index contributed by atoms with van der Waals surface area (Å²) in [6, 6.07) is 5.38. The maximum atomic E-state index is 12.1. The van der Waals surface area contributed by atoms with Crippen LogP contribution >= 0.6 is 15.9 Å². The predicted molar refractivity (Wildman–Crippen MR) is 78.7 cm³/mol. The highest BCUT2D eigenvalue weighted by Gasteiger charge is 2.14. The fourth-order valence-corrected chi connectivity index (χ4v) is 1.89. The van der Waals surface area contributed by atoms with Crippen molar-refractivity contribution in [1.82, 2.24) is 0 Å². The van der Waals surface area contributed by atoms with Gasteiger partial charge in [0.25, 0.3) is 0 Å². The highest BCUT2D eigenvalue weighted by atomic mass is 79.9. The first kappa shape index (κ1) is 15.9. The smallest absolute Gasteiger partial charge is 0.167 e. The van der Waals surface area contributed by atoms with Crippen LogP contribution in [0.15, 0.2) is 22.7 Å². The minimum absolute atomic E-state index is 0.0213. The lowest BCUT2D eigenvalue weighted by molar-refractivity contribution is -0.116. The summed E-state index contributed by atoms with van der Waals surface area (Å²) < 4.78 is 6.48. The molecule has 104 valence electrons. The van der Waals surface area contributed by atoms with E-state index in [1.807, 2.05) is 6.07 Å². The third-order valence-corrected chi connectivity index (χ3v) is 3.01. The number of carbonyl (C=O) groups excluding carboxylic acids is 2. The van der Waals surface area contributed by atoms with Gasteiger partial charge in [-0.1, -0.05) is 29.8 Å². The zero-order valence-electron chi connectivity index (χ0n) is 11.5. The Labute approximate surface area is 122 Å². The van der Waals surface area contributed by atoms with Crippen LogP contribution in [0.2, 0.25) is 0 Å². The molecule has 0 fully saturated rings. The van der Waals surface area contributed by atoms with Crippen molar-refractivity contribution in [3.63, 3.8) is 0 Å². The molecule has 0 aliphatic rings. The van der Waals surface area contributed by atoms with Gasteiger partial charge in [-0.25, -0.2) is 0 Å². The molecule has 0 amide bonds. The van der Waals surface area contributed by atoms with Crippen molar-refractivity contribution >= 4 is 27.5 Å². The van der Waals surface area contributed by atoms with Crippen molar-refractivity contribution < 1.29 is 14.3 Å². The monoisotopic (exact) mass is 326 g/mol. The molecule has 19 heavy (non-hydrogen) atoms. The lowest BCUT2D eigenvalue weighted by Gasteiger charge is -2.12. The molecule has 1 aromatic carbocycles. The van der Waals surface area contributed by atoms with Crippen LogP contribution in [-0.2, 0) is 4.79 Å². The summed E-state index contributed by atoms with van der Waals surface area (Å²) in [6.07, 6.45) is 0.499. The largest absolute Gasteiger partial charge is 0.493 e. The summed E-state index contributed by atoms with van der Waals surface area (Å²) in [6.45, 7) is 6.16. The van der Waals surface area contributed by atoms with E-state index in [9.17, 15) is 9.59 Å². The van der Waals surface area contributed by atoms with Gasteiger partial charge in [0, 0.05) is 17.3 Å². The molecule has 0 spiro atoms. The van der Waals surface area contributed by atoms with Gasteiger partial charge in [0.1, 0.15) is 11.5 Å². The fraction of sp³-hybridized carbons (Fsp3) is 0.467. The van der Waals surface area contributed by atoms with Gasteiger partial charge in [0.15, 0.2) is 5.78 Å². The minimum Gasteiger partial charge on any atom is -0.493 e. The molecule has 0 aromatic heterocycles. The number of halogens is 1. The van der Waals surface area contributed by atoms with Gasteiger partial charge in [-0.15, -0.1) is 0 Å². The lowest BCUT2D eigenvalue weighted by atomic mass is 10.0. The SMILES string of the molecule is CC(=O)CCC(=O)c1cc(Br)ccc1OCC(C)C. The highest BCUT2D eigenvalue weighted by molar-refractivity contribution is 9.10. The van der Waals surface area contributed by atoms with E-state index in [1.54, 1.807) is 12.1 Å². The number of benzene rings is 1. The van der Waals surface area contributed by atoms with E-state index in [1.165, 1.54) is 6.92 Å². The van der Waals surface area contributed by atoms with Crippen LogP contribution < -0.4 is 4.74 Å². The summed E-state index contributed by atoms with van der Waals surface area (Å²) in [5.41, 5.74) is 0.538. The first-order chi connectivity index (χ1) is 8.90. The van der Waals surface area contributed by atoms with Gasteiger partial charge in [0.05, 0.1) is 12.2 Å². The Morgan fingerprint density at radius 2 is 1.95 bits per heavy atom. The van der Waals surface area contributed by atoms with Crippen LogP contribution in [0.25, 0.3) is 0 Å². The lowest BCUT2D eigenvalue weighted by Crippen LogP contribution is -2.09. The van der Waals surface area contributed by atoms with Crippen LogP contribution in [0, 0.1) is 5.92 Å². The molecule has 1 rings (SSSR count). The van der Waals surface area contributed by atoms with Crippen molar-refractivity contribution in [3.8, 4) is 5.75 Å². The van der Waals surface area contributed by atoms with E-state index in [-0.39, 0.29) is 24.4 Å². The minimum atomic E-state index is -0.0599. The van der Waals surface area contributed by atoms with Gasteiger partial charge >= 0.3 is 0 Å². The molecule has 0 aliphatic carbocycles. The number of ether oxygens (including phenoxy) is 1. The van der Waals surface area contributed by atoms with E-state index >= 15 is 0 Å². The average Bonchev–Trinajstić information content (AvgIpc) is 2.34. The first-order valence-corrected chi connectivity index (χ1v) is 7.14. The topological polar surface area (TPSA) is 43.4 Å². The normalized spacial score (nSPS) is 10.6. The molecule has 0 saturated carbocycles. The third-order valence-electron chi connectivity index (χ3n) is 2.52. The second kappa shape index (κ2) is 7.43. The number of hydrogen-bond acceptors (Lipinski definition) is 3. The van der Waals surface area contributed by atoms with Crippen molar-refractivity contribution in [2.45, 2.75) is 33.6 Å². The maximum absolute atomic E-state index is 12.1. The molecule has 0 aliphatic heterocycles. The summed E-state index contributed by atoms with van der Waals surface area (Å²) in [5.74, 6) is 0.942. The molecular formula is C15H19BrO3. The molecule has 0 atom stereocenters. The fourth-order valence-electron chi connectivity index (χ4n) is 1.53. The molecule has 4 heteroatoms. The zero-order valence-corrected chi connectivity index (χ0v) is 13.1. The molecule has 0 unspecified atom stereocenters. The van der Waals surface area contributed by atoms with Gasteiger partial charge in [-0.3, -0.25) is 4.79 Å². The maximum Gasteiger partial charge on any atom is 0.167 e. The van der Waals surface area contributed by atoms with Crippen molar-refractivity contribution in [2.24, 2.45) is 5.92 Å². The van der Waals surface area contributed by atoms with E-state index in [0.29, 0.717) is 23.8 Å². The van der Waals surface area contributed by atoms with Gasteiger partial charge in [-0.05, 0) is 31.0 Å². The van der Waals surface area contributed by atoms with Gasteiger partial charge < -0.3 is 9.53 Å². The second-order valence-electron chi connectivity index (χ2n) is 4.97. The molecular weight excluding hydrogens is 308 g/mol. The molecule has 0 N–H and O–H groups in total. The van der Waals surface area contributed by atoms with Crippen molar-refractivity contribution in [3.05, 3.63) is 28.2 Å². The Hall–Kier alpha value is -1.16. The van der Waals surface area contributed by atoms with E-state index in [4.69, 9.17) is 4.74 Å². The van der Waals surface area contributed by atoms with Gasteiger partial charge in [0.2, 0.25) is 0 Å². The van der Waals surface area contributed by atoms with Crippen molar-refractivity contribution in [2.75, 3.05) is 6.61 Å². The summed E-state index contributed by atoms with van der Waals surface area (Å²) in [4.78, 5) is 23.1. The quantitative estimate of drug-likeness (QED) is 0.710. The average molecular weight is 327 g/mol. The van der Waals surface area contributed by atoms with Crippen LogP contribution in [0.1, 0.15) is 44.0 Å². The first-order valence-electron chi connectivity index (χ1n) is 6.35. The van der Waals surface area contributed by atoms with E-state index in [0.717, 1.165) is 4.47 Å². The summed E-state index contributed by atoms with van der Waals surface area (Å²) >= 11 is 3.35. The van der Waals surface area contributed by atoms with Crippen LogP contribution in [0.5, 0.6) is 5.75 Å². The molecule has 0 heterocycles. The zero-order chi connectivity index (χ0) is 14.4. The molecule has 0 radical (unpaired) electrons. The Morgan fingerprint density at radius 1 is 1.26 bits per heavy atom. The summed E-state index contributed by atoms with van der Waals surface area (Å²) in [5, 5.41) is 0.